The van der Waals surface area contributed by atoms with Crippen molar-refractivity contribution in [1.82, 2.24) is 0 Å². The molecule has 1 unspecified atom stereocenters. The fourth-order valence-corrected chi connectivity index (χ4v) is 1.05. The lowest BCUT2D eigenvalue weighted by atomic mass is 10.0. The van der Waals surface area contributed by atoms with Gasteiger partial charge in [0.25, 0.3) is 0 Å². The van der Waals surface area contributed by atoms with Crippen molar-refractivity contribution in [3.8, 4) is 0 Å². The van der Waals surface area contributed by atoms with Crippen LogP contribution < -0.4 is 11.5 Å². The van der Waals surface area contributed by atoms with E-state index in [4.69, 9.17) is 16.6 Å². The molecule has 0 aromatic heterocycles. The van der Waals surface area contributed by atoms with Gasteiger partial charge in [-0.15, -0.1) is 12.6 Å². The molecule has 0 bridgehead atoms. The summed E-state index contributed by atoms with van der Waals surface area (Å²) in [6.45, 7) is 0. The molecule has 0 saturated carbocycles. The van der Waals surface area contributed by atoms with Gasteiger partial charge in [-0.25, -0.2) is 0 Å². The molecule has 0 heterocycles. The van der Waals surface area contributed by atoms with Crippen LogP contribution in [0.1, 0.15) is 6.42 Å². The fraction of sp³-hybridized carbons (Fsp3) is 0.600. The van der Waals surface area contributed by atoms with Gasteiger partial charge in [0.05, 0.1) is 10.6 Å². The van der Waals surface area contributed by atoms with Crippen LogP contribution in [0.15, 0.2) is 0 Å². The lowest BCUT2D eigenvalue weighted by Gasteiger charge is -2.27. The minimum atomic E-state index is -1.76. The number of carboxylic acids is 1. The van der Waals surface area contributed by atoms with Crippen molar-refractivity contribution >= 4 is 35.0 Å². The molecule has 0 saturated heterocycles. The van der Waals surface area contributed by atoms with Crippen LogP contribution in [0, 0.1) is 0 Å². The third kappa shape index (κ3) is 3.46. The normalized spacial score (nSPS) is 14.0. The summed E-state index contributed by atoms with van der Waals surface area (Å²) in [7, 11) is 0. The highest BCUT2D eigenvalue weighted by molar-refractivity contribution is 8.11. The number of nitrogens with two attached hydrogens (primary N) is 2. The summed E-state index contributed by atoms with van der Waals surface area (Å²) in [6.07, 6.45) is -1.98. The number of carboxylic acid groups (broad SMARTS) is 1. The van der Waals surface area contributed by atoms with E-state index in [0.717, 1.165) is 0 Å². The first-order chi connectivity index (χ1) is 5.27. The molecule has 0 aliphatic rings. The Bertz CT molecular complexity index is 207. The largest absolute Gasteiger partial charge is 0.481 e. The second-order valence-corrected chi connectivity index (χ2v) is 3.65. The Morgan fingerprint density at radius 3 is 2.33 bits per heavy atom. The van der Waals surface area contributed by atoms with Gasteiger partial charge in [0.2, 0.25) is 0 Å². The molecule has 1 atom stereocenters. The summed E-state index contributed by atoms with van der Waals surface area (Å²) in [5, 5.41) is 17.5. The molecule has 0 fully saturated rings. The maximum absolute atomic E-state index is 10.2. The molecule has 0 rings (SSSR count). The molecule has 70 valence electrons. The Kier molecular flexibility index (Phi) is 4.08. The maximum Gasteiger partial charge on any atom is 0.306 e. The van der Waals surface area contributed by atoms with E-state index in [9.17, 15) is 9.90 Å². The van der Waals surface area contributed by atoms with Gasteiger partial charge in [-0.2, -0.15) is 0 Å². The molecule has 0 aliphatic carbocycles. The first kappa shape index (κ1) is 11.8. The minimum Gasteiger partial charge on any atom is -0.481 e. The molecule has 0 amide bonds. The molecule has 0 aromatic carbocycles. The lowest BCUT2D eigenvalue weighted by Crippen LogP contribution is -2.61. The van der Waals surface area contributed by atoms with Gasteiger partial charge >= 0.3 is 5.97 Å². The van der Waals surface area contributed by atoms with Crippen LogP contribution in [0.2, 0.25) is 0 Å². The van der Waals surface area contributed by atoms with E-state index in [0.29, 0.717) is 0 Å². The molecule has 0 aromatic rings. The molecular formula is C5H10N2O3S2. The number of hydrogen-bond donors (Lipinski definition) is 5. The Morgan fingerprint density at radius 2 is 2.08 bits per heavy atom. The van der Waals surface area contributed by atoms with Gasteiger partial charge in [0.15, 0.2) is 0 Å². The van der Waals surface area contributed by atoms with E-state index in [1.165, 1.54) is 0 Å². The van der Waals surface area contributed by atoms with Crippen molar-refractivity contribution in [2.75, 3.05) is 0 Å². The van der Waals surface area contributed by atoms with E-state index in [1.54, 1.807) is 0 Å². The number of rotatable bonds is 4. The van der Waals surface area contributed by atoms with Gasteiger partial charge in [0.1, 0.15) is 11.8 Å². The Hall–Kier alpha value is -0.210. The van der Waals surface area contributed by atoms with E-state index >= 15 is 0 Å². The van der Waals surface area contributed by atoms with Crippen LogP contribution in [0.25, 0.3) is 0 Å². The second-order valence-electron chi connectivity index (χ2n) is 2.42. The summed E-state index contributed by atoms with van der Waals surface area (Å²) < 4.78 is -0.124. The summed E-state index contributed by atoms with van der Waals surface area (Å²) in [5.41, 5.74) is 8.79. The molecule has 7 heteroatoms. The third-order valence-electron chi connectivity index (χ3n) is 1.20. The summed E-state index contributed by atoms with van der Waals surface area (Å²) in [4.78, 5) is 10.2. The van der Waals surface area contributed by atoms with Crippen LogP contribution in [-0.4, -0.2) is 32.1 Å². The average molecular weight is 210 g/mol. The maximum atomic E-state index is 10.2. The fourth-order valence-electron chi connectivity index (χ4n) is 0.588. The zero-order valence-corrected chi connectivity index (χ0v) is 7.81. The third-order valence-corrected chi connectivity index (χ3v) is 1.67. The van der Waals surface area contributed by atoms with Gasteiger partial charge in [0, 0.05) is 0 Å². The number of carbonyl (C=O) groups is 1. The molecule has 12 heavy (non-hydrogen) atoms. The standard InChI is InChI=1S/C5H10N2O3S2/c6-5(7,1-2(8)9)3(10)4(11)12/h3,10H,1,6-7H2,(H,8,9)(H,11,12). The monoisotopic (exact) mass is 210 g/mol. The number of hydrogen-bond acceptors (Lipinski definition) is 5. The van der Waals surface area contributed by atoms with Crippen LogP contribution in [0.3, 0.4) is 0 Å². The first-order valence-electron chi connectivity index (χ1n) is 2.98. The van der Waals surface area contributed by atoms with Crippen LogP contribution >= 0.6 is 24.8 Å². The van der Waals surface area contributed by atoms with Crippen molar-refractivity contribution < 1.29 is 15.0 Å². The van der Waals surface area contributed by atoms with Gasteiger partial charge in [-0.05, 0) is 0 Å². The van der Waals surface area contributed by atoms with E-state index in [2.05, 4.69) is 24.8 Å². The van der Waals surface area contributed by atoms with Crippen molar-refractivity contribution in [1.29, 1.82) is 0 Å². The second kappa shape index (κ2) is 4.15. The Morgan fingerprint density at radius 1 is 1.67 bits per heavy atom. The number of thiol groups is 1. The summed E-state index contributed by atoms with van der Waals surface area (Å²) in [6, 6.07) is 0. The molecular weight excluding hydrogens is 200 g/mol. The van der Waals surface area contributed by atoms with Crippen molar-refractivity contribution in [2.24, 2.45) is 11.5 Å². The van der Waals surface area contributed by atoms with Crippen molar-refractivity contribution in [2.45, 2.75) is 18.2 Å². The van der Waals surface area contributed by atoms with Crippen LogP contribution in [0.4, 0.5) is 0 Å². The molecule has 0 aliphatic heterocycles. The topological polar surface area (TPSA) is 110 Å². The van der Waals surface area contributed by atoms with Crippen LogP contribution in [0.5, 0.6) is 0 Å². The zero-order chi connectivity index (χ0) is 9.94. The smallest absolute Gasteiger partial charge is 0.306 e. The predicted octanol–water partition coefficient (Wildman–Crippen LogP) is -1.31. The highest BCUT2D eigenvalue weighted by Crippen LogP contribution is 2.09. The molecule has 5 nitrogen and oxygen atoms in total. The van der Waals surface area contributed by atoms with Crippen molar-refractivity contribution in [3.63, 3.8) is 0 Å². The highest BCUT2D eigenvalue weighted by atomic mass is 32.1. The lowest BCUT2D eigenvalue weighted by molar-refractivity contribution is -0.139. The van der Waals surface area contributed by atoms with Crippen LogP contribution in [-0.2, 0) is 4.79 Å². The summed E-state index contributed by atoms with van der Waals surface area (Å²) >= 11 is 8.12. The van der Waals surface area contributed by atoms with Gasteiger partial charge < -0.3 is 21.7 Å². The van der Waals surface area contributed by atoms with E-state index in [-0.39, 0.29) is 4.20 Å². The Balaban J connectivity index is 4.38. The molecule has 0 radical (unpaired) electrons. The highest BCUT2D eigenvalue weighted by Gasteiger charge is 2.33. The van der Waals surface area contributed by atoms with E-state index in [1.807, 2.05) is 0 Å². The predicted molar refractivity (Wildman–Crippen MR) is 50.9 cm³/mol. The van der Waals surface area contributed by atoms with E-state index < -0.39 is 24.2 Å². The van der Waals surface area contributed by atoms with Gasteiger partial charge in [-0.1, -0.05) is 12.2 Å². The Labute approximate surface area is 80.1 Å². The molecule has 6 N–H and O–H groups in total. The number of thiocarbonyl (C=S) groups is 1. The number of aliphatic hydroxyl groups is 1. The first-order valence-corrected chi connectivity index (χ1v) is 3.83. The number of aliphatic carboxylic acids is 1. The van der Waals surface area contributed by atoms with Gasteiger partial charge in [-0.3, -0.25) is 4.79 Å². The average Bonchev–Trinajstić information content (AvgIpc) is 1.82. The quantitative estimate of drug-likeness (QED) is 0.224. The van der Waals surface area contributed by atoms with Crippen molar-refractivity contribution in [3.05, 3.63) is 0 Å². The number of aliphatic hydroxyl groups excluding tert-OH is 1. The molecule has 0 spiro atoms. The zero-order valence-electron chi connectivity index (χ0n) is 6.10. The summed E-state index contributed by atoms with van der Waals surface area (Å²) in [5.74, 6) is -1.20. The SMILES string of the molecule is NC(N)(CC(=O)O)C(O)C(=S)S. The minimum absolute atomic E-state index is 0.124.